The molecule has 2 aromatic carbocycles. The van der Waals surface area contributed by atoms with Crippen molar-refractivity contribution in [1.82, 2.24) is 4.31 Å². The molecule has 5 nitrogen and oxygen atoms in total. The van der Waals surface area contributed by atoms with Gasteiger partial charge >= 0.3 is 0 Å². The Kier molecular flexibility index (Phi) is 5.96. The van der Waals surface area contributed by atoms with Gasteiger partial charge in [0.1, 0.15) is 0 Å². The lowest BCUT2D eigenvalue weighted by atomic mass is 9.99. The van der Waals surface area contributed by atoms with Gasteiger partial charge in [-0.3, -0.25) is 4.79 Å². The Balaban J connectivity index is 1.66. The van der Waals surface area contributed by atoms with Gasteiger partial charge in [0.2, 0.25) is 15.9 Å². The fraction of sp³-hybridized carbons (Fsp3) is 0.316. The van der Waals surface area contributed by atoms with Crippen LogP contribution in [0.5, 0.6) is 0 Å². The molecule has 7 heteroatoms. The zero-order valence-corrected chi connectivity index (χ0v) is 15.8. The number of carbonyl (C=O) groups excluding carboxylic acids is 1. The number of nitrogens with one attached hydrogen (secondary N) is 1. The van der Waals surface area contributed by atoms with Crippen LogP contribution in [0.1, 0.15) is 18.4 Å². The van der Waals surface area contributed by atoms with Crippen molar-refractivity contribution in [3.63, 3.8) is 0 Å². The van der Waals surface area contributed by atoms with Gasteiger partial charge in [-0.25, -0.2) is 12.7 Å². The van der Waals surface area contributed by atoms with Gasteiger partial charge in [0, 0.05) is 23.8 Å². The first kappa shape index (κ1) is 18.9. The Hall–Kier alpha value is -1.89. The number of amides is 1. The molecule has 1 aliphatic rings. The summed E-state index contributed by atoms with van der Waals surface area (Å²) >= 11 is 5.94. The second kappa shape index (κ2) is 8.20. The van der Waals surface area contributed by atoms with E-state index in [1.807, 2.05) is 30.3 Å². The number of nitrogens with zero attached hydrogens (tertiary/aromatic N) is 1. The number of hydrogen-bond donors (Lipinski definition) is 1. The van der Waals surface area contributed by atoms with Crippen LogP contribution in [-0.2, 0) is 20.6 Å². The van der Waals surface area contributed by atoms with Crippen molar-refractivity contribution in [2.75, 3.05) is 18.4 Å². The van der Waals surface area contributed by atoms with Gasteiger partial charge in [-0.1, -0.05) is 41.9 Å². The van der Waals surface area contributed by atoms with Crippen molar-refractivity contribution in [3.05, 3.63) is 65.2 Å². The van der Waals surface area contributed by atoms with Gasteiger partial charge in [0.25, 0.3) is 0 Å². The van der Waals surface area contributed by atoms with E-state index in [1.54, 1.807) is 24.3 Å². The molecule has 138 valence electrons. The third-order valence-electron chi connectivity index (χ3n) is 4.43. The van der Waals surface area contributed by atoms with Crippen LogP contribution >= 0.6 is 11.6 Å². The van der Waals surface area contributed by atoms with Crippen molar-refractivity contribution >= 4 is 33.2 Å². The fourth-order valence-electron chi connectivity index (χ4n) is 3.10. The molecule has 3 rings (SSSR count). The highest BCUT2D eigenvalue weighted by molar-refractivity contribution is 7.88. The lowest BCUT2D eigenvalue weighted by Gasteiger charge is -2.31. The number of halogens is 1. The van der Waals surface area contributed by atoms with Crippen LogP contribution < -0.4 is 5.32 Å². The van der Waals surface area contributed by atoms with Crippen LogP contribution in [0.25, 0.3) is 0 Å². The maximum absolute atomic E-state index is 12.7. The molecular formula is C19H21ClN2O3S. The minimum absolute atomic E-state index is 0.111. The van der Waals surface area contributed by atoms with E-state index in [0.29, 0.717) is 30.0 Å². The molecule has 0 bridgehead atoms. The second-order valence-corrected chi connectivity index (χ2v) is 8.84. The van der Waals surface area contributed by atoms with Crippen LogP contribution in [-0.4, -0.2) is 31.7 Å². The first-order valence-electron chi connectivity index (χ1n) is 8.52. The zero-order valence-electron chi connectivity index (χ0n) is 14.3. The summed E-state index contributed by atoms with van der Waals surface area (Å²) in [6, 6.07) is 16.0. The predicted molar refractivity (Wildman–Crippen MR) is 103 cm³/mol. The van der Waals surface area contributed by atoms with E-state index in [9.17, 15) is 13.2 Å². The largest absolute Gasteiger partial charge is 0.326 e. The van der Waals surface area contributed by atoms with Gasteiger partial charge < -0.3 is 5.32 Å². The van der Waals surface area contributed by atoms with Crippen molar-refractivity contribution in [2.24, 2.45) is 5.92 Å². The fourth-order valence-corrected chi connectivity index (χ4v) is 4.91. The zero-order chi connectivity index (χ0) is 18.6. The molecule has 0 spiro atoms. The van der Waals surface area contributed by atoms with Crippen LogP contribution in [0.3, 0.4) is 0 Å². The molecule has 0 aromatic heterocycles. The SMILES string of the molecule is O=C(Nc1ccccc1)[C@H]1CCCN(S(=O)(=O)Cc2cccc(Cl)c2)C1. The molecule has 0 unspecified atom stereocenters. The highest BCUT2D eigenvalue weighted by atomic mass is 35.5. The Morgan fingerprint density at radius 1 is 1.15 bits per heavy atom. The third kappa shape index (κ3) is 4.84. The Morgan fingerprint density at radius 2 is 1.92 bits per heavy atom. The van der Waals surface area contributed by atoms with Gasteiger partial charge in [0.15, 0.2) is 0 Å². The van der Waals surface area contributed by atoms with Gasteiger partial charge in [-0.2, -0.15) is 0 Å². The molecule has 1 amide bonds. The summed E-state index contributed by atoms with van der Waals surface area (Å²) in [5.74, 6) is -0.599. The minimum atomic E-state index is -3.50. The molecule has 0 aliphatic carbocycles. The topological polar surface area (TPSA) is 66.5 Å². The average Bonchev–Trinajstić information content (AvgIpc) is 2.62. The average molecular weight is 393 g/mol. The Morgan fingerprint density at radius 3 is 2.65 bits per heavy atom. The molecule has 1 atom stereocenters. The third-order valence-corrected chi connectivity index (χ3v) is 6.48. The molecule has 26 heavy (non-hydrogen) atoms. The number of benzene rings is 2. The molecule has 1 aliphatic heterocycles. The standard InChI is InChI=1S/C19H21ClN2O3S/c20-17-8-4-6-15(12-17)14-26(24,25)22-11-5-7-16(13-22)19(23)21-18-9-2-1-3-10-18/h1-4,6,8-10,12,16H,5,7,11,13-14H2,(H,21,23)/t16-/m0/s1. The molecule has 1 fully saturated rings. The molecular weight excluding hydrogens is 372 g/mol. The smallest absolute Gasteiger partial charge is 0.228 e. The summed E-state index contributed by atoms with van der Waals surface area (Å²) in [5.41, 5.74) is 1.37. The number of sulfonamides is 1. The predicted octanol–water partition coefficient (Wildman–Crippen LogP) is 3.52. The number of piperidine rings is 1. The summed E-state index contributed by atoms with van der Waals surface area (Å²) in [6.07, 6.45) is 1.35. The molecule has 1 heterocycles. The van der Waals surface area contributed by atoms with E-state index >= 15 is 0 Å². The highest BCUT2D eigenvalue weighted by Gasteiger charge is 2.32. The number of rotatable bonds is 5. The normalized spacial score (nSPS) is 18.4. The summed E-state index contributed by atoms with van der Waals surface area (Å²) < 4.78 is 26.9. The van der Waals surface area contributed by atoms with Crippen LogP contribution in [0, 0.1) is 5.92 Å². The maximum atomic E-state index is 12.7. The lowest BCUT2D eigenvalue weighted by Crippen LogP contribution is -2.44. The summed E-state index contributed by atoms with van der Waals surface area (Å²) in [7, 11) is -3.50. The first-order chi connectivity index (χ1) is 12.4. The van der Waals surface area contributed by atoms with Crippen molar-refractivity contribution < 1.29 is 13.2 Å². The number of anilines is 1. The van der Waals surface area contributed by atoms with Gasteiger partial charge in [0.05, 0.1) is 11.7 Å². The van der Waals surface area contributed by atoms with E-state index in [2.05, 4.69) is 5.32 Å². The molecule has 0 radical (unpaired) electrons. The van der Waals surface area contributed by atoms with E-state index in [1.165, 1.54) is 4.31 Å². The summed E-state index contributed by atoms with van der Waals surface area (Å²) in [6.45, 7) is 0.652. The van der Waals surface area contributed by atoms with E-state index in [-0.39, 0.29) is 24.1 Å². The molecule has 1 N–H and O–H groups in total. The van der Waals surface area contributed by atoms with Crippen molar-refractivity contribution in [1.29, 1.82) is 0 Å². The lowest BCUT2D eigenvalue weighted by molar-refractivity contribution is -0.120. The maximum Gasteiger partial charge on any atom is 0.228 e. The highest BCUT2D eigenvalue weighted by Crippen LogP contribution is 2.23. The van der Waals surface area contributed by atoms with Crippen LogP contribution in [0.4, 0.5) is 5.69 Å². The molecule has 0 saturated carbocycles. The van der Waals surface area contributed by atoms with Crippen LogP contribution in [0.15, 0.2) is 54.6 Å². The van der Waals surface area contributed by atoms with Gasteiger partial charge in [-0.15, -0.1) is 0 Å². The summed E-state index contributed by atoms with van der Waals surface area (Å²) in [5, 5.41) is 3.37. The van der Waals surface area contributed by atoms with Crippen molar-refractivity contribution in [2.45, 2.75) is 18.6 Å². The minimum Gasteiger partial charge on any atom is -0.326 e. The first-order valence-corrected chi connectivity index (χ1v) is 10.5. The Labute approximate surface area is 159 Å². The van der Waals surface area contributed by atoms with Crippen molar-refractivity contribution in [3.8, 4) is 0 Å². The number of hydrogen-bond acceptors (Lipinski definition) is 3. The van der Waals surface area contributed by atoms with E-state index in [0.717, 1.165) is 5.69 Å². The molecule has 2 aromatic rings. The monoisotopic (exact) mass is 392 g/mol. The number of para-hydroxylation sites is 1. The quantitative estimate of drug-likeness (QED) is 0.846. The van der Waals surface area contributed by atoms with Gasteiger partial charge in [-0.05, 0) is 42.7 Å². The van der Waals surface area contributed by atoms with E-state index < -0.39 is 10.0 Å². The molecule has 1 saturated heterocycles. The Bertz CT molecular complexity index is 871. The van der Waals surface area contributed by atoms with Crippen LogP contribution in [0.2, 0.25) is 5.02 Å². The van der Waals surface area contributed by atoms with E-state index in [4.69, 9.17) is 11.6 Å². The second-order valence-electron chi connectivity index (χ2n) is 6.44. The summed E-state index contributed by atoms with van der Waals surface area (Å²) in [4.78, 5) is 12.5. The number of carbonyl (C=O) groups is 1.